The zero-order valence-electron chi connectivity index (χ0n) is 12.0. The van der Waals surface area contributed by atoms with E-state index in [-0.39, 0.29) is 22.4 Å². The van der Waals surface area contributed by atoms with Crippen LogP contribution in [0.3, 0.4) is 0 Å². The number of alkyl halides is 3. The number of hydrogen-bond donors (Lipinski definition) is 0. The molecule has 0 radical (unpaired) electrons. The Hall–Kier alpha value is -1.79. The summed E-state index contributed by atoms with van der Waals surface area (Å²) < 4.78 is 53.3. The molecule has 3 rings (SSSR count). The van der Waals surface area contributed by atoms with Gasteiger partial charge in [0.1, 0.15) is 18.1 Å². The lowest BCUT2D eigenvalue weighted by Crippen LogP contribution is -2.16. The van der Waals surface area contributed by atoms with E-state index in [0.29, 0.717) is 16.6 Å². The maximum atomic E-state index is 13.4. The number of nitrogens with zero attached hydrogens (tertiary/aromatic N) is 2. The van der Waals surface area contributed by atoms with Gasteiger partial charge in [0.15, 0.2) is 0 Å². The van der Waals surface area contributed by atoms with E-state index in [4.69, 9.17) is 23.2 Å². The molecule has 0 atom stereocenters. The molecule has 0 spiro atoms. The quantitative estimate of drug-likeness (QED) is 0.541. The highest BCUT2D eigenvalue weighted by molar-refractivity contribution is 6.42. The minimum absolute atomic E-state index is 0.0393. The van der Waals surface area contributed by atoms with Crippen molar-refractivity contribution in [3.8, 4) is 0 Å². The second kappa shape index (κ2) is 6.26. The topological polar surface area (TPSA) is 17.8 Å². The van der Waals surface area contributed by atoms with E-state index >= 15 is 0 Å². The molecule has 0 aliphatic heterocycles. The van der Waals surface area contributed by atoms with Crippen molar-refractivity contribution < 1.29 is 17.6 Å². The van der Waals surface area contributed by atoms with Crippen LogP contribution in [-0.2, 0) is 13.0 Å². The standard InChI is InChI=1S/C16H10Cl2F4N2/c17-11-5-13-14(6-12(11)18)24(15(23-13)7-16(20,21)22)8-9-2-1-3-10(19)4-9/h1-6H,7-8H2. The fourth-order valence-electron chi connectivity index (χ4n) is 2.48. The maximum absolute atomic E-state index is 13.4. The van der Waals surface area contributed by atoms with Gasteiger partial charge in [0.25, 0.3) is 0 Å². The van der Waals surface area contributed by atoms with Crippen LogP contribution in [0.15, 0.2) is 36.4 Å². The Bertz CT molecular complexity index is 903. The van der Waals surface area contributed by atoms with Gasteiger partial charge in [-0.05, 0) is 29.8 Å². The van der Waals surface area contributed by atoms with Crippen LogP contribution in [0.5, 0.6) is 0 Å². The first kappa shape index (κ1) is 17.0. The number of aromatic nitrogens is 2. The number of benzene rings is 2. The summed E-state index contributed by atoms with van der Waals surface area (Å²) in [6, 6.07) is 8.54. The first-order valence-electron chi connectivity index (χ1n) is 6.88. The average Bonchev–Trinajstić information content (AvgIpc) is 2.75. The molecular formula is C16H10Cl2F4N2. The molecule has 0 saturated heterocycles. The summed E-state index contributed by atoms with van der Waals surface area (Å²) >= 11 is 11.9. The Morgan fingerprint density at radius 2 is 1.75 bits per heavy atom. The van der Waals surface area contributed by atoms with Crippen LogP contribution in [0.2, 0.25) is 10.0 Å². The second-order valence-electron chi connectivity index (χ2n) is 5.29. The summed E-state index contributed by atoms with van der Waals surface area (Å²) in [5.41, 5.74) is 1.23. The number of imidazole rings is 1. The smallest absolute Gasteiger partial charge is 0.323 e. The summed E-state index contributed by atoms with van der Waals surface area (Å²) in [7, 11) is 0. The van der Waals surface area contributed by atoms with Crippen LogP contribution < -0.4 is 0 Å². The highest BCUT2D eigenvalue weighted by atomic mass is 35.5. The molecule has 0 fully saturated rings. The van der Waals surface area contributed by atoms with Gasteiger partial charge in [0.2, 0.25) is 0 Å². The number of fused-ring (bicyclic) bond motifs is 1. The molecule has 0 aliphatic carbocycles. The molecule has 8 heteroatoms. The van der Waals surface area contributed by atoms with Crippen molar-refractivity contribution >= 4 is 34.2 Å². The predicted octanol–water partition coefficient (Wildman–Crippen LogP) is 5.64. The van der Waals surface area contributed by atoms with E-state index in [9.17, 15) is 17.6 Å². The van der Waals surface area contributed by atoms with Gasteiger partial charge in [-0.15, -0.1) is 0 Å². The van der Waals surface area contributed by atoms with Gasteiger partial charge in [-0.2, -0.15) is 13.2 Å². The molecule has 24 heavy (non-hydrogen) atoms. The van der Waals surface area contributed by atoms with E-state index in [2.05, 4.69) is 4.98 Å². The van der Waals surface area contributed by atoms with Crippen molar-refractivity contribution in [2.75, 3.05) is 0 Å². The van der Waals surface area contributed by atoms with Gasteiger partial charge >= 0.3 is 6.18 Å². The predicted molar refractivity (Wildman–Crippen MR) is 85.0 cm³/mol. The third-order valence-electron chi connectivity index (χ3n) is 3.46. The lowest BCUT2D eigenvalue weighted by molar-refractivity contribution is -0.128. The molecule has 0 amide bonds. The van der Waals surface area contributed by atoms with Gasteiger partial charge in [-0.3, -0.25) is 0 Å². The Morgan fingerprint density at radius 3 is 2.42 bits per heavy atom. The highest BCUT2D eigenvalue weighted by Gasteiger charge is 2.31. The zero-order valence-corrected chi connectivity index (χ0v) is 13.6. The largest absolute Gasteiger partial charge is 0.396 e. The first-order valence-corrected chi connectivity index (χ1v) is 7.64. The van der Waals surface area contributed by atoms with E-state index < -0.39 is 18.4 Å². The highest BCUT2D eigenvalue weighted by Crippen LogP contribution is 2.31. The molecule has 2 nitrogen and oxygen atoms in total. The molecule has 1 heterocycles. The molecule has 0 aliphatic rings. The van der Waals surface area contributed by atoms with Crippen LogP contribution in [0, 0.1) is 5.82 Å². The van der Waals surface area contributed by atoms with Crippen molar-refractivity contribution in [1.82, 2.24) is 9.55 Å². The van der Waals surface area contributed by atoms with Crippen LogP contribution in [0.1, 0.15) is 11.4 Å². The number of hydrogen-bond acceptors (Lipinski definition) is 1. The van der Waals surface area contributed by atoms with Gasteiger partial charge in [0, 0.05) is 6.54 Å². The van der Waals surface area contributed by atoms with Gasteiger partial charge in [-0.1, -0.05) is 35.3 Å². The molecule has 0 bridgehead atoms. The van der Waals surface area contributed by atoms with E-state index in [1.54, 1.807) is 6.07 Å². The Balaban J connectivity index is 2.14. The lowest BCUT2D eigenvalue weighted by atomic mass is 10.2. The number of rotatable bonds is 3. The van der Waals surface area contributed by atoms with E-state index in [1.807, 2.05) is 0 Å². The second-order valence-corrected chi connectivity index (χ2v) is 6.11. The minimum atomic E-state index is -4.42. The Kier molecular flexibility index (Phi) is 4.44. The summed E-state index contributed by atoms with van der Waals surface area (Å²) in [6.07, 6.45) is -5.62. The molecule has 2 aromatic carbocycles. The third-order valence-corrected chi connectivity index (χ3v) is 4.18. The fraction of sp³-hybridized carbons (Fsp3) is 0.188. The number of halogens is 6. The molecule has 126 valence electrons. The van der Waals surface area contributed by atoms with E-state index in [1.165, 1.54) is 34.9 Å². The lowest BCUT2D eigenvalue weighted by Gasteiger charge is -2.11. The molecule has 1 aromatic heterocycles. The fourth-order valence-corrected chi connectivity index (χ4v) is 2.79. The molecule has 0 unspecified atom stereocenters. The first-order chi connectivity index (χ1) is 11.2. The van der Waals surface area contributed by atoms with Crippen LogP contribution in [-0.4, -0.2) is 15.7 Å². The van der Waals surface area contributed by atoms with Crippen LogP contribution in [0.25, 0.3) is 11.0 Å². The monoisotopic (exact) mass is 376 g/mol. The Morgan fingerprint density at radius 1 is 1.04 bits per heavy atom. The van der Waals surface area contributed by atoms with Gasteiger partial charge in [0.05, 0.1) is 21.1 Å². The van der Waals surface area contributed by atoms with Gasteiger partial charge < -0.3 is 4.57 Å². The van der Waals surface area contributed by atoms with Crippen LogP contribution in [0.4, 0.5) is 17.6 Å². The Labute approximate surface area is 144 Å². The summed E-state index contributed by atoms with van der Waals surface area (Å²) in [4.78, 5) is 4.02. The molecule has 3 aromatic rings. The maximum Gasteiger partial charge on any atom is 0.396 e. The van der Waals surface area contributed by atoms with Crippen molar-refractivity contribution in [3.63, 3.8) is 0 Å². The molecular weight excluding hydrogens is 367 g/mol. The summed E-state index contributed by atoms with van der Waals surface area (Å²) in [6.45, 7) is 0.0393. The average molecular weight is 377 g/mol. The minimum Gasteiger partial charge on any atom is -0.323 e. The zero-order chi connectivity index (χ0) is 17.5. The summed E-state index contributed by atoms with van der Waals surface area (Å²) in [5, 5.41) is 0.418. The van der Waals surface area contributed by atoms with Crippen LogP contribution >= 0.6 is 23.2 Å². The van der Waals surface area contributed by atoms with Crippen molar-refractivity contribution in [3.05, 3.63) is 63.6 Å². The van der Waals surface area contributed by atoms with Crippen molar-refractivity contribution in [2.45, 2.75) is 19.1 Å². The molecule has 0 N–H and O–H groups in total. The van der Waals surface area contributed by atoms with Gasteiger partial charge in [-0.25, -0.2) is 9.37 Å². The van der Waals surface area contributed by atoms with E-state index in [0.717, 1.165) is 0 Å². The molecule has 0 saturated carbocycles. The summed E-state index contributed by atoms with van der Waals surface area (Å²) in [5.74, 6) is -0.643. The SMILES string of the molecule is Fc1cccc(Cn2c(CC(F)(F)F)nc3cc(Cl)c(Cl)cc32)c1. The normalized spacial score (nSPS) is 12.1. The van der Waals surface area contributed by atoms with Crippen molar-refractivity contribution in [1.29, 1.82) is 0 Å². The third kappa shape index (κ3) is 3.65. The van der Waals surface area contributed by atoms with Crippen molar-refractivity contribution in [2.24, 2.45) is 0 Å².